The van der Waals surface area contributed by atoms with E-state index in [9.17, 15) is 18.4 Å². The molecule has 1 aliphatic carbocycles. The minimum atomic E-state index is -2.96. The SMILES string of the molecule is Cn1cc2cc(-n3c(=O)c4sc(NC5CC5)nc4n(-c4ccc(OC(F)F)cc4)c3=O)ccc2n1. The molecule has 1 fully saturated rings. The van der Waals surface area contributed by atoms with Gasteiger partial charge in [0.15, 0.2) is 10.8 Å². The van der Waals surface area contributed by atoms with Gasteiger partial charge in [0.05, 0.1) is 16.9 Å². The second-order valence-corrected chi connectivity index (χ2v) is 9.27. The van der Waals surface area contributed by atoms with E-state index in [2.05, 4.69) is 20.1 Å². The molecule has 3 heterocycles. The first kappa shape index (κ1) is 21.5. The fourth-order valence-corrected chi connectivity index (χ4v) is 4.92. The van der Waals surface area contributed by atoms with Crippen molar-refractivity contribution in [2.24, 2.45) is 7.05 Å². The van der Waals surface area contributed by atoms with E-state index in [-0.39, 0.29) is 11.4 Å². The number of fused-ring (bicyclic) bond motifs is 2. The maximum Gasteiger partial charge on any atom is 0.387 e. The highest BCUT2D eigenvalue weighted by molar-refractivity contribution is 7.22. The van der Waals surface area contributed by atoms with Gasteiger partial charge < -0.3 is 10.1 Å². The highest BCUT2D eigenvalue weighted by atomic mass is 32.1. The number of anilines is 1. The van der Waals surface area contributed by atoms with Crippen LogP contribution in [0.15, 0.2) is 58.3 Å². The number of hydrogen-bond donors (Lipinski definition) is 1. The number of halogens is 2. The van der Waals surface area contributed by atoms with Crippen molar-refractivity contribution < 1.29 is 13.5 Å². The molecule has 0 atom stereocenters. The van der Waals surface area contributed by atoms with E-state index in [4.69, 9.17) is 0 Å². The van der Waals surface area contributed by atoms with Crippen molar-refractivity contribution in [2.45, 2.75) is 25.5 Å². The van der Waals surface area contributed by atoms with Gasteiger partial charge in [-0.05, 0) is 55.3 Å². The summed E-state index contributed by atoms with van der Waals surface area (Å²) >= 11 is 1.18. The van der Waals surface area contributed by atoms with Gasteiger partial charge in [-0.1, -0.05) is 11.3 Å². The minimum Gasteiger partial charge on any atom is -0.435 e. The average molecular weight is 496 g/mol. The molecule has 178 valence electrons. The molecule has 9 nitrogen and oxygen atoms in total. The molecular formula is C23H18F2N6O3S. The Morgan fingerprint density at radius 2 is 1.83 bits per heavy atom. The predicted octanol–water partition coefficient (Wildman–Crippen LogP) is 3.66. The number of nitrogens with one attached hydrogen (secondary N) is 1. The van der Waals surface area contributed by atoms with Crippen LogP contribution < -0.4 is 21.3 Å². The van der Waals surface area contributed by atoms with Crippen molar-refractivity contribution in [1.29, 1.82) is 0 Å². The number of benzene rings is 2. The Morgan fingerprint density at radius 1 is 1.09 bits per heavy atom. The number of ether oxygens (including phenoxy) is 1. The number of nitrogens with zero attached hydrogens (tertiary/aromatic N) is 5. The van der Waals surface area contributed by atoms with E-state index in [1.54, 1.807) is 36.1 Å². The number of aromatic nitrogens is 5. The molecule has 1 aliphatic rings. The molecule has 1 N–H and O–H groups in total. The van der Waals surface area contributed by atoms with E-state index >= 15 is 0 Å². The number of alkyl halides is 2. The van der Waals surface area contributed by atoms with Gasteiger partial charge in [0.2, 0.25) is 0 Å². The Morgan fingerprint density at radius 3 is 2.54 bits per heavy atom. The Hall–Kier alpha value is -4.06. The van der Waals surface area contributed by atoms with E-state index in [0.29, 0.717) is 27.2 Å². The summed E-state index contributed by atoms with van der Waals surface area (Å²) in [6, 6.07) is 11.1. The van der Waals surface area contributed by atoms with Gasteiger partial charge in [0, 0.05) is 24.7 Å². The fraction of sp³-hybridized carbons (Fsp3) is 0.217. The van der Waals surface area contributed by atoms with Crippen LogP contribution in [-0.4, -0.2) is 36.6 Å². The monoisotopic (exact) mass is 496 g/mol. The molecule has 35 heavy (non-hydrogen) atoms. The van der Waals surface area contributed by atoms with Crippen LogP contribution in [-0.2, 0) is 7.05 Å². The molecule has 1 saturated carbocycles. The van der Waals surface area contributed by atoms with E-state index in [0.717, 1.165) is 28.3 Å². The van der Waals surface area contributed by atoms with Crippen LogP contribution in [0.3, 0.4) is 0 Å². The lowest BCUT2D eigenvalue weighted by atomic mass is 10.2. The molecule has 5 aromatic rings. The number of rotatable bonds is 6. The molecule has 0 amide bonds. The van der Waals surface area contributed by atoms with Crippen LogP contribution in [0.25, 0.3) is 32.6 Å². The van der Waals surface area contributed by atoms with Crippen molar-refractivity contribution >= 4 is 37.7 Å². The van der Waals surface area contributed by atoms with Gasteiger partial charge in [0.1, 0.15) is 10.4 Å². The van der Waals surface area contributed by atoms with Gasteiger partial charge in [-0.2, -0.15) is 13.9 Å². The molecule has 0 bridgehead atoms. The molecule has 0 unspecified atom stereocenters. The number of hydrogen-bond acceptors (Lipinski definition) is 7. The highest BCUT2D eigenvalue weighted by Gasteiger charge is 2.25. The predicted molar refractivity (Wildman–Crippen MR) is 128 cm³/mol. The van der Waals surface area contributed by atoms with Crippen LogP contribution in [0.4, 0.5) is 13.9 Å². The summed E-state index contributed by atoms with van der Waals surface area (Å²) in [4.78, 5) is 31.8. The van der Waals surface area contributed by atoms with Gasteiger partial charge in [-0.15, -0.1) is 0 Å². The third-order valence-electron chi connectivity index (χ3n) is 5.69. The summed E-state index contributed by atoms with van der Waals surface area (Å²) in [7, 11) is 1.79. The van der Waals surface area contributed by atoms with Crippen molar-refractivity contribution in [3.8, 4) is 17.1 Å². The first-order chi connectivity index (χ1) is 16.9. The van der Waals surface area contributed by atoms with Crippen LogP contribution in [0.5, 0.6) is 5.75 Å². The topological polar surface area (TPSA) is 96.0 Å². The largest absolute Gasteiger partial charge is 0.435 e. The molecule has 2 aromatic carbocycles. The Bertz CT molecular complexity index is 1700. The molecular weight excluding hydrogens is 478 g/mol. The summed E-state index contributed by atoms with van der Waals surface area (Å²) in [6.07, 6.45) is 3.83. The Labute approximate surface area is 199 Å². The minimum absolute atomic E-state index is 0.0437. The molecule has 0 spiro atoms. The number of thiazole rings is 1. The van der Waals surface area contributed by atoms with Crippen molar-refractivity contribution in [3.63, 3.8) is 0 Å². The van der Waals surface area contributed by atoms with Crippen LogP contribution in [0.1, 0.15) is 12.8 Å². The summed E-state index contributed by atoms with van der Waals surface area (Å²) in [6.45, 7) is -2.96. The first-order valence-electron chi connectivity index (χ1n) is 10.8. The van der Waals surface area contributed by atoms with Gasteiger partial charge in [-0.25, -0.2) is 18.9 Å². The van der Waals surface area contributed by atoms with E-state index < -0.39 is 17.9 Å². The highest BCUT2D eigenvalue weighted by Crippen LogP contribution is 2.30. The standard InChI is InChI=1S/C23H18F2N6O3S/c1-29-11-12-10-15(6-9-17(12)28-29)31-20(32)18-19(27-22(35-18)26-13-2-3-13)30(23(31)33)14-4-7-16(8-5-14)34-21(24)25/h4-11,13,21H,2-3H2,1H3,(H,26,27). The quantitative estimate of drug-likeness (QED) is 0.386. The zero-order chi connectivity index (χ0) is 24.3. The van der Waals surface area contributed by atoms with Crippen LogP contribution in [0, 0.1) is 0 Å². The average Bonchev–Trinajstić information content (AvgIpc) is 3.39. The lowest BCUT2D eigenvalue weighted by Gasteiger charge is -2.12. The van der Waals surface area contributed by atoms with Gasteiger partial charge >= 0.3 is 12.3 Å². The molecule has 3 aromatic heterocycles. The smallest absolute Gasteiger partial charge is 0.387 e. The molecule has 0 aliphatic heterocycles. The third kappa shape index (κ3) is 3.85. The summed E-state index contributed by atoms with van der Waals surface area (Å²) in [5.41, 5.74) is 0.573. The number of aryl methyl sites for hydroxylation is 1. The molecule has 6 rings (SSSR count). The van der Waals surface area contributed by atoms with E-state index in [1.165, 1.54) is 40.2 Å². The lowest BCUT2D eigenvalue weighted by Crippen LogP contribution is -2.38. The zero-order valence-electron chi connectivity index (χ0n) is 18.3. The van der Waals surface area contributed by atoms with Crippen molar-refractivity contribution in [1.82, 2.24) is 23.9 Å². The summed E-state index contributed by atoms with van der Waals surface area (Å²) in [5.74, 6) is -0.0437. The van der Waals surface area contributed by atoms with Gasteiger partial charge in [0.25, 0.3) is 5.56 Å². The fourth-order valence-electron chi connectivity index (χ4n) is 3.96. The summed E-state index contributed by atoms with van der Waals surface area (Å²) < 4.78 is 34.0. The molecule has 0 radical (unpaired) electrons. The maximum atomic E-state index is 13.8. The zero-order valence-corrected chi connectivity index (χ0v) is 19.1. The Kier molecular flexibility index (Phi) is 4.92. The molecule has 12 heteroatoms. The first-order valence-corrected chi connectivity index (χ1v) is 11.6. The maximum absolute atomic E-state index is 13.8. The van der Waals surface area contributed by atoms with Crippen molar-refractivity contribution in [3.05, 3.63) is 69.5 Å². The van der Waals surface area contributed by atoms with Crippen LogP contribution in [0.2, 0.25) is 0 Å². The van der Waals surface area contributed by atoms with E-state index in [1.807, 2.05) is 0 Å². The van der Waals surface area contributed by atoms with Crippen molar-refractivity contribution in [2.75, 3.05) is 5.32 Å². The third-order valence-corrected chi connectivity index (χ3v) is 6.65. The second-order valence-electron chi connectivity index (χ2n) is 8.27. The lowest BCUT2D eigenvalue weighted by molar-refractivity contribution is -0.0498. The molecule has 0 saturated heterocycles. The second kappa shape index (κ2) is 8.01. The van der Waals surface area contributed by atoms with Crippen LogP contribution >= 0.6 is 11.3 Å². The normalized spacial score (nSPS) is 13.7. The van der Waals surface area contributed by atoms with Gasteiger partial charge in [-0.3, -0.25) is 9.48 Å². The summed E-state index contributed by atoms with van der Waals surface area (Å²) in [5, 5.41) is 8.94. The Balaban J connectivity index is 1.59.